The maximum atomic E-state index is 10.6. The van der Waals surface area contributed by atoms with E-state index in [1.165, 1.54) is 6.07 Å². The van der Waals surface area contributed by atoms with Crippen LogP contribution in [0.15, 0.2) is 36.4 Å². The maximum absolute atomic E-state index is 10.6. The first kappa shape index (κ1) is 10.1. The number of thiophene rings is 1. The molecule has 0 amide bonds. The predicted octanol–water partition coefficient (Wildman–Crippen LogP) is 3.16. The highest BCUT2D eigenvalue weighted by Crippen LogP contribution is 2.40. The van der Waals surface area contributed by atoms with E-state index in [2.05, 4.69) is 5.32 Å². The van der Waals surface area contributed by atoms with Crippen LogP contribution in [0, 0.1) is 10.1 Å². The largest absolute Gasteiger partial charge is 0.463 e. The lowest BCUT2D eigenvalue weighted by atomic mass is 10.3. The van der Waals surface area contributed by atoms with Crippen LogP contribution in [0.1, 0.15) is 11.1 Å². The van der Waals surface area contributed by atoms with E-state index >= 15 is 0 Å². The molecule has 1 N–H and O–H groups in total. The molecule has 5 nitrogen and oxygen atoms in total. The molecule has 6 heteroatoms. The van der Waals surface area contributed by atoms with Gasteiger partial charge in [-0.05, 0) is 18.2 Å². The Labute approximate surface area is 101 Å². The fourth-order valence-electron chi connectivity index (χ4n) is 1.70. The molecule has 17 heavy (non-hydrogen) atoms. The summed E-state index contributed by atoms with van der Waals surface area (Å²) in [6.07, 6.45) is -0.328. The lowest BCUT2D eigenvalue weighted by molar-refractivity contribution is -0.380. The van der Waals surface area contributed by atoms with Crippen LogP contribution in [0.25, 0.3) is 0 Å². The number of ether oxygens (including phenoxy) is 1. The minimum Gasteiger partial charge on any atom is -0.463 e. The van der Waals surface area contributed by atoms with Crippen molar-refractivity contribution in [3.8, 4) is 5.75 Å². The topological polar surface area (TPSA) is 64.4 Å². The van der Waals surface area contributed by atoms with E-state index in [0.717, 1.165) is 27.7 Å². The zero-order valence-electron chi connectivity index (χ0n) is 8.62. The number of benzene rings is 1. The minimum absolute atomic E-state index is 0.126. The first-order chi connectivity index (χ1) is 8.24. The highest BCUT2D eigenvalue weighted by Gasteiger charge is 2.25. The van der Waals surface area contributed by atoms with Gasteiger partial charge in [0.1, 0.15) is 5.75 Å². The van der Waals surface area contributed by atoms with Gasteiger partial charge in [-0.25, -0.2) is 0 Å². The number of nitro groups is 1. The lowest BCUT2D eigenvalue weighted by Crippen LogP contribution is -2.07. The van der Waals surface area contributed by atoms with Gasteiger partial charge < -0.3 is 10.1 Å². The number of hydrogen-bond acceptors (Lipinski definition) is 5. The lowest BCUT2D eigenvalue weighted by Gasteiger charge is -2.07. The quantitative estimate of drug-likeness (QED) is 0.655. The number of rotatable bonds is 2. The predicted molar refractivity (Wildman–Crippen MR) is 64.4 cm³/mol. The third-order valence-electron chi connectivity index (χ3n) is 2.47. The summed E-state index contributed by atoms with van der Waals surface area (Å²) in [5.74, 6) is 0.772. The summed E-state index contributed by atoms with van der Waals surface area (Å²) < 4.78 is 5.66. The van der Waals surface area contributed by atoms with Gasteiger partial charge in [0.25, 0.3) is 0 Å². The van der Waals surface area contributed by atoms with Crippen LogP contribution in [-0.4, -0.2) is 4.92 Å². The molecular weight excluding hydrogens is 240 g/mol. The molecule has 0 bridgehead atoms. The first-order valence-corrected chi connectivity index (χ1v) is 5.82. The number of nitrogens with one attached hydrogen (secondary N) is 1. The highest BCUT2D eigenvalue weighted by molar-refractivity contribution is 7.15. The van der Waals surface area contributed by atoms with Crippen molar-refractivity contribution in [2.45, 2.75) is 6.23 Å². The van der Waals surface area contributed by atoms with Crippen LogP contribution in [0.2, 0.25) is 0 Å². The Bertz CT molecular complexity index is 557. The van der Waals surface area contributed by atoms with Crippen molar-refractivity contribution in [1.82, 2.24) is 0 Å². The Morgan fingerprint density at radius 3 is 2.82 bits per heavy atom. The molecule has 0 saturated carbocycles. The second-order valence-corrected chi connectivity index (χ2v) is 4.67. The minimum atomic E-state index is -0.393. The summed E-state index contributed by atoms with van der Waals surface area (Å²) in [5.41, 5.74) is 0.911. The summed E-state index contributed by atoms with van der Waals surface area (Å²) in [7, 11) is 0. The standard InChI is InChI=1S/C11H8N2O3S/c14-13(15)10-6-5-9(17-10)11-12-7-3-1-2-4-8(7)16-11/h1-6,11-12H/t11-/m0/s1. The number of fused-ring (bicyclic) bond motifs is 1. The Morgan fingerprint density at radius 2 is 2.12 bits per heavy atom. The van der Waals surface area contributed by atoms with Crippen molar-refractivity contribution in [1.29, 1.82) is 0 Å². The SMILES string of the molecule is O=[N+]([O-])c1ccc([C@H]2Nc3ccccc3O2)s1. The van der Waals surface area contributed by atoms with Gasteiger partial charge in [-0.2, -0.15) is 0 Å². The zero-order valence-corrected chi connectivity index (χ0v) is 9.44. The molecule has 3 rings (SSSR count). The molecule has 2 heterocycles. The molecule has 1 aromatic heterocycles. The van der Waals surface area contributed by atoms with Crippen molar-refractivity contribution in [3.63, 3.8) is 0 Å². The normalized spacial score (nSPS) is 17.1. The van der Waals surface area contributed by atoms with Crippen LogP contribution in [-0.2, 0) is 0 Å². The Kier molecular flexibility index (Phi) is 2.22. The third-order valence-corrected chi connectivity index (χ3v) is 3.55. The van der Waals surface area contributed by atoms with E-state index in [9.17, 15) is 10.1 Å². The smallest absolute Gasteiger partial charge is 0.324 e. The molecule has 1 aliphatic heterocycles. The number of para-hydroxylation sites is 2. The summed E-state index contributed by atoms with van der Waals surface area (Å²) >= 11 is 1.12. The summed E-state index contributed by atoms with van der Waals surface area (Å²) in [4.78, 5) is 11.0. The molecule has 1 aliphatic rings. The van der Waals surface area contributed by atoms with Crippen molar-refractivity contribution in [2.24, 2.45) is 0 Å². The van der Waals surface area contributed by atoms with E-state index in [-0.39, 0.29) is 11.2 Å². The van der Waals surface area contributed by atoms with Gasteiger partial charge in [-0.15, -0.1) is 0 Å². The van der Waals surface area contributed by atoms with Crippen LogP contribution in [0.3, 0.4) is 0 Å². The summed E-state index contributed by atoms with van der Waals surface area (Å²) in [5, 5.41) is 13.9. The average molecular weight is 248 g/mol. The summed E-state index contributed by atoms with van der Waals surface area (Å²) in [6.45, 7) is 0. The Hall–Kier alpha value is -2.08. The van der Waals surface area contributed by atoms with Crippen LogP contribution < -0.4 is 10.1 Å². The Morgan fingerprint density at radius 1 is 1.29 bits per heavy atom. The van der Waals surface area contributed by atoms with Crippen LogP contribution >= 0.6 is 11.3 Å². The van der Waals surface area contributed by atoms with Crippen molar-refractivity contribution in [3.05, 3.63) is 51.4 Å². The van der Waals surface area contributed by atoms with Crippen molar-refractivity contribution in [2.75, 3.05) is 5.32 Å². The van der Waals surface area contributed by atoms with Gasteiger partial charge in [-0.1, -0.05) is 23.5 Å². The molecule has 0 saturated heterocycles. The van der Waals surface area contributed by atoms with Gasteiger partial charge in [0.15, 0.2) is 0 Å². The highest BCUT2D eigenvalue weighted by atomic mass is 32.1. The molecule has 0 aliphatic carbocycles. The summed E-state index contributed by atoms with van der Waals surface area (Å²) in [6, 6.07) is 10.8. The van der Waals surface area contributed by atoms with Crippen LogP contribution in [0.5, 0.6) is 5.75 Å². The molecule has 1 atom stereocenters. The van der Waals surface area contributed by atoms with Gasteiger partial charge in [0, 0.05) is 6.07 Å². The van der Waals surface area contributed by atoms with Gasteiger partial charge in [0.05, 0.1) is 15.5 Å². The molecule has 0 spiro atoms. The fraction of sp³-hybridized carbons (Fsp3) is 0.0909. The van der Waals surface area contributed by atoms with E-state index in [1.54, 1.807) is 6.07 Å². The van der Waals surface area contributed by atoms with Gasteiger partial charge >= 0.3 is 5.00 Å². The van der Waals surface area contributed by atoms with E-state index in [0.29, 0.717) is 0 Å². The Balaban J connectivity index is 1.86. The molecule has 2 aromatic rings. The van der Waals surface area contributed by atoms with Crippen molar-refractivity contribution >= 4 is 22.0 Å². The molecular formula is C11H8N2O3S. The molecule has 86 valence electrons. The van der Waals surface area contributed by atoms with E-state index in [4.69, 9.17) is 4.74 Å². The second kappa shape index (κ2) is 3.74. The van der Waals surface area contributed by atoms with Gasteiger partial charge in [0.2, 0.25) is 6.23 Å². The zero-order chi connectivity index (χ0) is 11.8. The molecule has 0 unspecified atom stereocenters. The maximum Gasteiger partial charge on any atom is 0.324 e. The molecule has 0 radical (unpaired) electrons. The fourth-order valence-corrected chi connectivity index (χ4v) is 2.50. The average Bonchev–Trinajstić information content (AvgIpc) is 2.95. The molecule has 0 fully saturated rings. The number of anilines is 1. The first-order valence-electron chi connectivity index (χ1n) is 5.00. The number of nitrogens with zero attached hydrogens (tertiary/aromatic N) is 1. The second-order valence-electron chi connectivity index (χ2n) is 3.57. The van der Waals surface area contributed by atoms with Gasteiger partial charge in [-0.3, -0.25) is 10.1 Å². The molecule has 1 aromatic carbocycles. The van der Waals surface area contributed by atoms with E-state index < -0.39 is 4.92 Å². The van der Waals surface area contributed by atoms with Crippen LogP contribution in [0.4, 0.5) is 10.7 Å². The van der Waals surface area contributed by atoms with E-state index in [1.807, 2.05) is 24.3 Å². The monoisotopic (exact) mass is 248 g/mol. The third kappa shape index (κ3) is 1.72. The van der Waals surface area contributed by atoms with Crippen molar-refractivity contribution < 1.29 is 9.66 Å². The number of hydrogen-bond donors (Lipinski definition) is 1.